The Labute approximate surface area is 92.1 Å². The van der Waals surface area contributed by atoms with Gasteiger partial charge in [0, 0.05) is 6.92 Å². The Morgan fingerprint density at radius 3 is 2.86 bits per heavy atom. The third-order valence-corrected chi connectivity index (χ3v) is 5.24. The lowest BCUT2D eigenvalue weighted by Crippen LogP contribution is -1.89. The van der Waals surface area contributed by atoms with Crippen LogP contribution in [-0.2, 0) is 0 Å². The van der Waals surface area contributed by atoms with Crippen molar-refractivity contribution in [1.82, 2.24) is 4.98 Å². The molecule has 1 aromatic heterocycles. The monoisotopic (exact) mass is 227 g/mol. The second kappa shape index (κ2) is 4.03. The molecule has 1 unspecified atom stereocenters. The Bertz CT molecular complexity index is 353. The van der Waals surface area contributed by atoms with Gasteiger partial charge < -0.3 is 0 Å². The number of ketones is 1. The number of carbonyl (C=O) groups is 1. The summed E-state index contributed by atoms with van der Waals surface area (Å²) in [6, 6.07) is 0. The number of rotatable bonds is 2. The summed E-state index contributed by atoms with van der Waals surface area (Å²) in [4.78, 5) is 16.6. The van der Waals surface area contributed by atoms with Gasteiger partial charge in [0.05, 0.1) is 15.8 Å². The summed E-state index contributed by atoms with van der Waals surface area (Å²) in [6.07, 6.45) is 2.50. The lowest BCUT2D eigenvalue weighted by molar-refractivity contribution is 0.102. The first-order chi connectivity index (χ1) is 6.68. The molecule has 2 heterocycles. The first kappa shape index (κ1) is 10.2. The molecule has 0 bridgehead atoms. The van der Waals surface area contributed by atoms with Gasteiger partial charge in [-0.05, 0) is 25.5 Å². The van der Waals surface area contributed by atoms with Gasteiger partial charge in [-0.1, -0.05) is 0 Å². The first-order valence-electron chi connectivity index (χ1n) is 4.78. The number of aryl methyl sites for hydroxylation is 1. The van der Waals surface area contributed by atoms with E-state index in [-0.39, 0.29) is 5.78 Å². The molecule has 1 saturated heterocycles. The Morgan fingerprint density at radius 2 is 2.36 bits per heavy atom. The van der Waals surface area contributed by atoms with Crippen LogP contribution in [-0.4, -0.2) is 16.5 Å². The highest BCUT2D eigenvalue weighted by atomic mass is 32.2. The molecule has 0 radical (unpaired) electrons. The maximum atomic E-state index is 11.3. The van der Waals surface area contributed by atoms with Crippen LogP contribution in [0.3, 0.4) is 0 Å². The van der Waals surface area contributed by atoms with Crippen molar-refractivity contribution in [2.24, 2.45) is 0 Å². The van der Waals surface area contributed by atoms with Gasteiger partial charge in [-0.15, -0.1) is 11.3 Å². The van der Waals surface area contributed by atoms with E-state index in [2.05, 4.69) is 4.98 Å². The number of nitrogens with zero attached hydrogens (tertiary/aromatic N) is 1. The summed E-state index contributed by atoms with van der Waals surface area (Å²) >= 11 is 3.55. The Balaban J connectivity index is 2.27. The molecule has 1 aliphatic rings. The van der Waals surface area contributed by atoms with Crippen LogP contribution in [0.5, 0.6) is 0 Å². The number of carbonyl (C=O) groups excluding carboxylic acids is 1. The molecule has 0 saturated carbocycles. The van der Waals surface area contributed by atoms with E-state index < -0.39 is 0 Å². The molecule has 1 fully saturated rings. The van der Waals surface area contributed by atoms with Crippen LogP contribution < -0.4 is 0 Å². The molecule has 4 heteroatoms. The fourth-order valence-corrected chi connectivity index (χ4v) is 4.13. The van der Waals surface area contributed by atoms with Crippen molar-refractivity contribution in [1.29, 1.82) is 0 Å². The molecular formula is C10H13NOS2. The van der Waals surface area contributed by atoms with Crippen LogP contribution in [0, 0.1) is 6.92 Å². The van der Waals surface area contributed by atoms with E-state index in [4.69, 9.17) is 0 Å². The van der Waals surface area contributed by atoms with Crippen LogP contribution in [0.1, 0.15) is 45.4 Å². The molecule has 0 aliphatic carbocycles. The zero-order valence-electron chi connectivity index (χ0n) is 8.37. The van der Waals surface area contributed by atoms with Crippen molar-refractivity contribution in [2.75, 3.05) is 5.75 Å². The van der Waals surface area contributed by atoms with Crippen molar-refractivity contribution < 1.29 is 4.79 Å². The summed E-state index contributed by atoms with van der Waals surface area (Å²) in [7, 11) is 0. The predicted molar refractivity (Wildman–Crippen MR) is 61.3 cm³/mol. The highest BCUT2D eigenvalue weighted by Crippen LogP contribution is 2.41. The van der Waals surface area contributed by atoms with Crippen molar-refractivity contribution in [3.05, 3.63) is 15.6 Å². The number of thioether (sulfide) groups is 1. The Kier molecular flexibility index (Phi) is 2.93. The fraction of sp³-hybridized carbons (Fsp3) is 0.600. The van der Waals surface area contributed by atoms with Gasteiger partial charge in [0.25, 0.3) is 0 Å². The zero-order chi connectivity index (χ0) is 10.1. The summed E-state index contributed by atoms with van der Waals surface area (Å²) in [5, 5.41) is 1.70. The smallest absolute Gasteiger partial charge is 0.171 e. The number of Topliss-reactive ketones (excluding diaryl/α,β-unsaturated/α-hetero) is 1. The van der Waals surface area contributed by atoms with E-state index in [9.17, 15) is 4.79 Å². The topological polar surface area (TPSA) is 30.0 Å². The maximum absolute atomic E-state index is 11.3. The minimum Gasteiger partial charge on any atom is -0.294 e. The minimum atomic E-state index is 0.147. The van der Waals surface area contributed by atoms with Gasteiger partial charge >= 0.3 is 0 Å². The van der Waals surface area contributed by atoms with Crippen LogP contribution in [0.4, 0.5) is 0 Å². The molecule has 1 aliphatic heterocycles. The van der Waals surface area contributed by atoms with Crippen LogP contribution >= 0.6 is 23.1 Å². The SMILES string of the molecule is CC(=O)c1sc(C2CCCS2)nc1C. The molecule has 0 spiro atoms. The fourth-order valence-electron chi connectivity index (χ4n) is 1.65. The van der Waals surface area contributed by atoms with Gasteiger partial charge in [-0.25, -0.2) is 4.98 Å². The third-order valence-electron chi connectivity index (χ3n) is 2.34. The number of thiazole rings is 1. The lowest BCUT2D eigenvalue weighted by atomic mass is 10.2. The molecule has 14 heavy (non-hydrogen) atoms. The predicted octanol–water partition coefficient (Wildman–Crippen LogP) is 3.22. The van der Waals surface area contributed by atoms with Crippen molar-refractivity contribution in [2.45, 2.75) is 31.9 Å². The van der Waals surface area contributed by atoms with Crippen LogP contribution in [0.25, 0.3) is 0 Å². The maximum Gasteiger partial charge on any atom is 0.171 e. The van der Waals surface area contributed by atoms with Gasteiger partial charge in [0.15, 0.2) is 5.78 Å². The molecule has 76 valence electrons. The lowest BCUT2D eigenvalue weighted by Gasteiger charge is -2.01. The minimum absolute atomic E-state index is 0.147. The van der Waals surface area contributed by atoms with Crippen molar-refractivity contribution in [3.63, 3.8) is 0 Å². The normalized spacial score (nSPS) is 21.4. The number of hydrogen-bond acceptors (Lipinski definition) is 4. The van der Waals surface area contributed by atoms with Crippen molar-refractivity contribution >= 4 is 28.9 Å². The van der Waals surface area contributed by atoms with E-state index >= 15 is 0 Å². The van der Waals surface area contributed by atoms with Crippen molar-refractivity contribution in [3.8, 4) is 0 Å². The van der Waals surface area contributed by atoms with Gasteiger partial charge in [-0.2, -0.15) is 11.8 Å². The second-order valence-corrected chi connectivity index (χ2v) is 5.87. The molecule has 1 atom stereocenters. The highest BCUT2D eigenvalue weighted by molar-refractivity contribution is 7.99. The molecule has 2 nitrogen and oxygen atoms in total. The summed E-state index contributed by atoms with van der Waals surface area (Å²) in [5.74, 6) is 1.38. The van der Waals surface area contributed by atoms with E-state index in [1.54, 1.807) is 18.3 Å². The number of aromatic nitrogens is 1. The van der Waals surface area contributed by atoms with Crippen LogP contribution in [0.2, 0.25) is 0 Å². The van der Waals surface area contributed by atoms with Gasteiger partial charge in [-0.3, -0.25) is 4.79 Å². The second-order valence-electron chi connectivity index (χ2n) is 3.52. The summed E-state index contributed by atoms with van der Waals surface area (Å²) in [5.41, 5.74) is 0.907. The summed E-state index contributed by atoms with van der Waals surface area (Å²) < 4.78 is 0. The number of hydrogen-bond donors (Lipinski definition) is 0. The van der Waals surface area contributed by atoms with E-state index in [1.807, 2.05) is 18.7 Å². The Morgan fingerprint density at radius 1 is 1.57 bits per heavy atom. The third kappa shape index (κ3) is 1.86. The zero-order valence-corrected chi connectivity index (χ0v) is 10.0. The molecule has 2 rings (SSSR count). The van der Waals surface area contributed by atoms with Gasteiger partial charge in [0.1, 0.15) is 5.01 Å². The molecule has 0 amide bonds. The average Bonchev–Trinajstić information content (AvgIpc) is 2.70. The van der Waals surface area contributed by atoms with E-state index in [0.29, 0.717) is 5.25 Å². The highest BCUT2D eigenvalue weighted by Gasteiger charge is 2.22. The first-order valence-corrected chi connectivity index (χ1v) is 6.65. The summed E-state index contributed by atoms with van der Waals surface area (Å²) in [6.45, 7) is 3.54. The molecule has 0 aromatic carbocycles. The van der Waals surface area contributed by atoms with Gasteiger partial charge in [0.2, 0.25) is 0 Å². The molecular weight excluding hydrogens is 214 g/mol. The van der Waals surface area contributed by atoms with E-state index in [0.717, 1.165) is 15.6 Å². The Hall–Kier alpha value is -0.350. The molecule has 1 aromatic rings. The largest absolute Gasteiger partial charge is 0.294 e. The average molecular weight is 227 g/mol. The van der Waals surface area contributed by atoms with Crippen LogP contribution in [0.15, 0.2) is 0 Å². The molecule has 0 N–H and O–H groups in total. The quantitative estimate of drug-likeness (QED) is 0.727. The standard InChI is InChI=1S/C10H13NOS2/c1-6-9(7(2)12)14-10(11-6)8-4-3-5-13-8/h8H,3-5H2,1-2H3. The van der Waals surface area contributed by atoms with E-state index in [1.165, 1.54) is 18.6 Å².